The minimum absolute atomic E-state index is 0.330. The van der Waals surface area contributed by atoms with Crippen LogP contribution in [0.3, 0.4) is 0 Å². The van der Waals surface area contributed by atoms with E-state index in [2.05, 4.69) is 13.8 Å². The fraction of sp³-hybridized carbons (Fsp3) is 1.00. The van der Waals surface area contributed by atoms with E-state index in [4.69, 9.17) is 33.2 Å². The van der Waals surface area contributed by atoms with Crippen LogP contribution in [0.2, 0.25) is 5.54 Å². The number of hydrogen-bond donors (Lipinski definition) is 0. The van der Waals surface area contributed by atoms with Crippen LogP contribution in [0.1, 0.15) is 46.0 Å². The van der Waals surface area contributed by atoms with E-state index >= 15 is 0 Å². The van der Waals surface area contributed by atoms with Crippen molar-refractivity contribution in [1.82, 2.24) is 0 Å². The Hall–Kier alpha value is 1.09. The number of halogens is 3. The molecule has 0 atom stereocenters. The van der Waals surface area contributed by atoms with Crippen molar-refractivity contribution < 1.29 is 0 Å². The molecule has 0 aromatic rings. The van der Waals surface area contributed by atoms with Crippen LogP contribution in [0.4, 0.5) is 0 Å². The zero-order valence-corrected chi connectivity index (χ0v) is 13.2. The molecular formula is C12H19Cl3Si. The van der Waals surface area contributed by atoms with Gasteiger partial charge in [-0.1, -0.05) is 13.8 Å². The molecular weight excluding hydrogens is 279 g/mol. The summed E-state index contributed by atoms with van der Waals surface area (Å²) in [4.78, 5) is 0. The molecule has 0 spiro atoms. The SMILES string of the molecule is CC12CC3CC(C1)CC(C)(C3)C2[Si](Cl)(Cl)Cl. The van der Waals surface area contributed by atoms with Crippen LogP contribution in [-0.4, -0.2) is 6.00 Å². The van der Waals surface area contributed by atoms with Gasteiger partial charge in [0.2, 0.25) is 0 Å². The largest absolute Gasteiger partial charge is 0.345 e. The van der Waals surface area contributed by atoms with E-state index in [1.807, 2.05) is 0 Å². The summed E-state index contributed by atoms with van der Waals surface area (Å²) in [6.07, 6.45) is 6.68. The highest BCUT2D eigenvalue weighted by Crippen LogP contribution is 2.74. The molecule has 92 valence electrons. The monoisotopic (exact) mass is 296 g/mol. The third-order valence-corrected chi connectivity index (χ3v) is 9.42. The Balaban J connectivity index is 2.05. The summed E-state index contributed by atoms with van der Waals surface area (Å²) < 4.78 is 0. The summed E-state index contributed by atoms with van der Waals surface area (Å²) in [7, 11) is 0. The Bertz CT molecular complexity index is 287. The second-order valence-electron chi connectivity index (χ2n) is 7.07. The summed E-state index contributed by atoms with van der Waals surface area (Å²) >= 11 is 19.3. The van der Waals surface area contributed by atoms with Crippen molar-refractivity contribution in [3.8, 4) is 0 Å². The van der Waals surface area contributed by atoms with Gasteiger partial charge in [-0.25, -0.2) is 0 Å². The van der Waals surface area contributed by atoms with Gasteiger partial charge in [0.1, 0.15) is 0 Å². The topological polar surface area (TPSA) is 0 Å². The maximum absolute atomic E-state index is 6.43. The van der Waals surface area contributed by atoms with E-state index in [0.717, 1.165) is 11.8 Å². The van der Waals surface area contributed by atoms with Gasteiger partial charge in [-0.3, -0.25) is 0 Å². The van der Waals surface area contributed by atoms with Gasteiger partial charge < -0.3 is 0 Å². The van der Waals surface area contributed by atoms with Crippen molar-refractivity contribution in [1.29, 1.82) is 0 Å². The van der Waals surface area contributed by atoms with Gasteiger partial charge in [-0.05, 0) is 54.8 Å². The van der Waals surface area contributed by atoms with Gasteiger partial charge >= 0.3 is 6.00 Å². The van der Waals surface area contributed by atoms with E-state index in [9.17, 15) is 0 Å². The lowest BCUT2D eigenvalue weighted by molar-refractivity contribution is -0.0917. The predicted molar refractivity (Wildman–Crippen MR) is 73.3 cm³/mol. The van der Waals surface area contributed by atoms with E-state index < -0.39 is 6.00 Å². The molecule has 0 nitrogen and oxygen atoms in total. The van der Waals surface area contributed by atoms with Crippen LogP contribution >= 0.6 is 33.2 Å². The first-order chi connectivity index (χ1) is 7.23. The molecule has 0 unspecified atom stereocenters. The van der Waals surface area contributed by atoms with Gasteiger partial charge in [0.05, 0.1) is 0 Å². The number of rotatable bonds is 1. The third-order valence-electron chi connectivity index (χ3n) is 5.41. The van der Waals surface area contributed by atoms with Crippen LogP contribution in [0.5, 0.6) is 0 Å². The van der Waals surface area contributed by atoms with Gasteiger partial charge in [0.15, 0.2) is 0 Å². The normalized spacial score (nSPS) is 55.7. The molecule has 4 heteroatoms. The molecule has 4 aliphatic rings. The first kappa shape index (κ1) is 12.1. The van der Waals surface area contributed by atoms with Crippen molar-refractivity contribution in [2.45, 2.75) is 51.5 Å². The molecule has 0 radical (unpaired) electrons. The van der Waals surface area contributed by atoms with Crippen molar-refractivity contribution in [3.63, 3.8) is 0 Å². The Morgan fingerprint density at radius 2 is 1.25 bits per heavy atom. The molecule has 0 aromatic carbocycles. The quantitative estimate of drug-likeness (QED) is 0.458. The van der Waals surface area contributed by atoms with Crippen LogP contribution in [-0.2, 0) is 0 Å². The van der Waals surface area contributed by atoms with Crippen molar-refractivity contribution >= 4 is 39.2 Å². The average Bonchev–Trinajstić information content (AvgIpc) is 1.91. The highest BCUT2D eigenvalue weighted by molar-refractivity contribution is 7.65. The number of hydrogen-bond acceptors (Lipinski definition) is 0. The van der Waals surface area contributed by atoms with Crippen molar-refractivity contribution in [3.05, 3.63) is 0 Å². The van der Waals surface area contributed by atoms with Crippen LogP contribution in [0, 0.1) is 22.7 Å². The smallest absolute Gasteiger partial charge is 0.126 e. The zero-order valence-electron chi connectivity index (χ0n) is 9.90. The van der Waals surface area contributed by atoms with Gasteiger partial charge in [0.25, 0.3) is 0 Å². The Labute approximate surface area is 113 Å². The summed E-state index contributed by atoms with van der Waals surface area (Å²) in [6, 6.07) is -2.59. The maximum Gasteiger partial charge on any atom is 0.345 e. The average molecular weight is 298 g/mol. The highest BCUT2D eigenvalue weighted by Gasteiger charge is 2.66. The first-order valence-electron chi connectivity index (χ1n) is 6.30. The zero-order chi connectivity index (χ0) is 11.8. The second-order valence-corrected chi connectivity index (χ2v) is 15.8. The Morgan fingerprint density at radius 1 is 0.875 bits per heavy atom. The van der Waals surface area contributed by atoms with Gasteiger partial charge in [-0.15, -0.1) is 33.2 Å². The summed E-state index contributed by atoms with van der Waals surface area (Å²) in [5, 5.41) is 0. The molecule has 0 aliphatic heterocycles. The van der Waals surface area contributed by atoms with Crippen molar-refractivity contribution in [2.75, 3.05) is 0 Å². The molecule has 0 saturated heterocycles. The maximum atomic E-state index is 6.43. The van der Waals surface area contributed by atoms with Crippen LogP contribution < -0.4 is 0 Å². The van der Waals surface area contributed by atoms with E-state index in [0.29, 0.717) is 16.4 Å². The Kier molecular flexibility index (Phi) is 2.54. The molecule has 4 bridgehead atoms. The Morgan fingerprint density at radius 3 is 1.56 bits per heavy atom. The molecule has 0 aromatic heterocycles. The lowest BCUT2D eigenvalue weighted by atomic mass is 9.45. The third kappa shape index (κ3) is 1.61. The van der Waals surface area contributed by atoms with Crippen LogP contribution in [0.25, 0.3) is 0 Å². The summed E-state index contributed by atoms with van der Waals surface area (Å²) in [5.41, 5.74) is 1.04. The molecule has 4 aliphatic carbocycles. The fourth-order valence-corrected chi connectivity index (χ4v) is 12.6. The lowest BCUT2D eigenvalue weighted by Gasteiger charge is -2.66. The predicted octanol–water partition coefficient (Wildman–Crippen LogP) is 5.25. The van der Waals surface area contributed by atoms with Gasteiger partial charge in [-0.2, -0.15) is 0 Å². The molecule has 0 amide bonds. The lowest BCUT2D eigenvalue weighted by Crippen LogP contribution is -2.58. The first-order valence-corrected chi connectivity index (χ1v) is 11.4. The molecule has 0 heterocycles. The van der Waals surface area contributed by atoms with E-state index in [1.54, 1.807) is 0 Å². The minimum atomic E-state index is -2.59. The van der Waals surface area contributed by atoms with E-state index in [-0.39, 0.29) is 0 Å². The molecule has 4 fully saturated rings. The molecule has 16 heavy (non-hydrogen) atoms. The fourth-order valence-electron chi connectivity index (χ4n) is 5.86. The minimum Gasteiger partial charge on any atom is -0.126 e. The second kappa shape index (κ2) is 3.34. The standard InChI is InChI=1S/C12H19Cl3Si/c1-11-4-8-3-9(5-11)7-12(2,6-8)10(11)16(13,14)15/h8-10H,3-7H2,1-2H3. The highest BCUT2D eigenvalue weighted by atomic mass is 35.8. The summed E-state index contributed by atoms with van der Waals surface area (Å²) in [5.74, 6) is 1.83. The molecule has 4 saturated carbocycles. The van der Waals surface area contributed by atoms with E-state index in [1.165, 1.54) is 32.1 Å². The molecule has 0 N–H and O–H groups in total. The van der Waals surface area contributed by atoms with Crippen molar-refractivity contribution in [2.24, 2.45) is 22.7 Å². The molecule has 4 rings (SSSR count). The summed E-state index contributed by atoms with van der Waals surface area (Å²) in [6.45, 7) is 4.78. The van der Waals surface area contributed by atoms with Gasteiger partial charge in [0, 0.05) is 5.54 Å². The van der Waals surface area contributed by atoms with Crippen LogP contribution in [0.15, 0.2) is 0 Å².